The number of unbranched alkanes of at least 4 members (excludes halogenated alkanes) is 4. The lowest BCUT2D eigenvalue weighted by Crippen LogP contribution is -2.30. The molecule has 0 amide bonds. The number of alkyl halides is 3. The molecule has 1 nitrogen and oxygen atoms in total. The van der Waals surface area contributed by atoms with Crippen LogP contribution in [0.25, 0.3) is 10.8 Å². The Hall–Kier alpha value is -1.85. The Labute approximate surface area is 199 Å². The molecule has 0 spiro atoms. The molecule has 2 aliphatic rings. The van der Waals surface area contributed by atoms with Crippen LogP contribution >= 0.6 is 0 Å². The molecule has 0 radical (unpaired) electrons. The van der Waals surface area contributed by atoms with Crippen molar-refractivity contribution < 1.29 is 26.7 Å². The summed E-state index contributed by atoms with van der Waals surface area (Å²) in [4.78, 5) is 0. The topological polar surface area (TPSA) is 9.23 Å². The molecule has 0 heterocycles. The molecule has 0 saturated heterocycles. The van der Waals surface area contributed by atoms with Crippen molar-refractivity contribution in [2.75, 3.05) is 0 Å². The van der Waals surface area contributed by atoms with Gasteiger partial charge in [-0.25, -0.2) is 8.78 Å². The number of hydrogen-bond donors (Lipinski definition) is 0. The van der Waals surface area contributed by atoms with Gasteiger partial charge in [-0.1, -0.05) is 70.1 Å². The molecule has 0 aliphatic heterocycles. The van der Waals surface area contributed by atoms with E-state index in [2.05, 4.69) is 11.7 Å². The molecule has 2 saturated carbocycles. The SMILES string of the molecule is CCCCCCC[C@@H]1CC[C@@H]2CC(c3ccc4c(F)c(OC(F)(F)F)c(F)cc4c3)CCC2C1. The third-order valence-electron chi connectivity index (χ3n) is 8.14. The second-order valence-electron chi connectivity index (χ2n) is 10.4. The number of ether oxygens (including phenoxy) is 1. The van der Waals surface area contributed by atoms with Gasteiger partial charge in [-0.15, -0.1) is 13.2 Å². The molecule has 2 aliphatic carbocycles. The average Bonchev–Trinajstić information content (AvgIpc) is 2.80. The molecule has 0 N–H and O–H groups in total. The average molecular weight is 483 g/mol. The summed E-state index contributed by atoms with van der Waals surface area (Å²) >= 11 is 0. The lowest BCUT2D eigenvalue weighted by Gasteiger charge is -2.42. The van der Waals surface area contributed by atoms with Gasteiger partial charge < -0.3 is 4.74 Å². The Morgan fingerprint density at radius 3 is 2.38 bits per heavy atom. The van der Waals surface area contributed by atoms with Crippen molar-refractivity contribution in [2.45, 2.75) is 96.3 Å². The van der Waals surface area contributed by atoms with Crippen molar-refractivity contribution in [3.8, 4) is 5.75 Å². The van der Waals surface area contributed by atoms with Crippen LogP contribution < -0.4 is 4.74 Å². The van der Waals surface area contributed by atoms with E-state index in [0.29, 0.717) is 11.8 Å². The summed E-state index contributed by atoms with van der Waals surface area (Å²) in [5, 5.41) is 0.216. The standard InChI is InChI=1S/C28H35F5O/c1-2-3-4-5-6-7-18-8-9-20-15-21(11-10-19(20)14-18)22-12-13-24-23(16-22)17-25(29)27(26(24)30)34-28(31,32)33/h12-13,16-21H,2-11,14-15H2,1H3/t18-,19?,20-,21?/m1/s1. The molecule has 34 heavy (non-hydrogen) atoms. The molecule has 4 rings (SSSR count). The fourth-order valence-electron chi connectivity index (χ4n) is 6.38. The summed E-state index contributed by atoms with van der Waals surface area (Å²) in [6, 6.07) is 5.93. The maximum Gasteiger partial charge on any atom is 0.573 e. The molecular weight excluding hydrogens is 447 g/mol. The van der Waals surface area contributed by atoms with E-state index in [9.17, 15) is 22.0 Å². The lowest BCUT2D eigenvalue weighted by molar-refractivity contribution is -0.276. The molecule has 2 fully saturated rings. The van der Waals surface area contributed by atoms with Crippen molar-refractivity contribution >= 4 is 10.8 Å². The summed E-state index contributed by atoms with van der Waals surface area (Å²) in [7, 11) is 0. The molecular formula is C28H35F5O. The third-order valence-corrected chi connectivity index (χ3v) is 8.14. The first-order valence-electron chi connectivity index (χ1n) is 12.9. The largest absolute Gasteiger partial charge is 0.573 e. The van der Waals surface area contributed by atoms with E-state index >= 15 is 0 Å². The van der Waals surface area contributed by atoms with E-state index in [4.69, 9.17) is 0 Å². The first-order valence-corrected chi connectivity index (χ1v) is 12.9. The third kappa shape index (κ3) is 6.04. The molecule has 2 aromatic rings. The van der Waals surface area contributed by atoms with Gasteiger partial charge in [-0.05, 0) is 72.8 Å². The van der Waals surface area contributed by atoms with E-state index in [-0.39, 0.29) is 10.8 Å². The molecule has 2 unspecified atom stereocenters. The van der Waals surface area contributed by atoms with Gasteiger partial charge in [0.05, 0.1) is 0 Å². The number of benzene rings is 2. The van der Waals surface area contributed by atoms with Gasteiger partial charge in [0.15, 0.2) is 11.6 Å². The number of halogens is 5. The Morgan fingerprint density at radius 2 is 1.62 bits per heavy atom. The Bertz CT molecular complexity index is 969. The lowest BCUT2D eigenvalue weighted by atomic mass is 9.63. The molecule has 188 valence electrons. The van der Waals surface area contributed by atoms with Crippen molar-refractivity contribution in [3.63, 3.8) is 0 Å². The number of fused-ring (bicyclic) bond motifs is 2. The van der Waals surface area contributed by atoms with Gasteiger partial charge in [-0.3, -0.25) is 0 Å². The Balaban J connectivity index is 1.39. The van der Waals surface area contributed by atoms with Crippen LogP contribution in [0.1, 0.15) is 95.5 Å². The summed E-state index contributed by atoms with van der Waals surface area (Å²) in [6.07, 6.45) is 10.1. The van der Waals surface area contributed by atoms with Crippen LogP contribution in [0.5, 0.6) is 5.75 Å². The normalized spacial score (nSPS) is 25.4. The van der Waals surface area contributed by atoms with E-state index in [1.54, 1.807) is 12.1 Å². The first-order chi connectivity index (χ1) is 16.2. The molecule has 2 aromatic carbocycles. The second kappa shape index (κ2) is 10.8. The predicted octanol–water partition coefficient (Wildman–Crippen LogP) is 9.68. The van der Waals surface area contributed by atoms with Gasteiger partial charge in [0.25, 0.3) is 0 Å². The van der Waals surface area contributed by atoms with E-state index in [1.807, 2.05) is 0 Å². The number of rotatable bonds is 8. The summed E-state index contributed by atoms with van der Waals surface area (Å²) in [5.74, 6) is -1.38. The zero-order valence-corrected chi connectivity index (χ0v) is 19.9. The highest BCUT2D eigenvalue weighted by molar-refractivity contribution is 5.85. The van der Waals surface area contributed by atoms with Crippen molar-refractivity contribution in [1.82, 2.24) is 0 Å². The van der Waals surface area contributed by atoms with Crippen molar-refractivity contribution in [2.24, 2.45) is 17.8 Å². The smallest absolute Gasteiger partial charge is 0.399 e. The monoisotopic (exact) mass is 482 g/mol. The quantitative estimate of drug-likeness (QED) is 0.269. The van der Waals surface area contributed by atoms with Crippen LogP contribution in [0.2, 0.25) is 0 Å². The van der Waals surface area contributed by atoms with Crippen LogP contribution in [-0.2, 0) is 0 Å². The van der Waals surface area contributed by atoms with Crippen molar-refractivity contribution in [3.05, 3.63) is 41.5 Å². The predicted molar refractivity (Wildman–Crippen MR) is 125 cm³/mol. The fraction of sp³-hybridized carbons (Fsp3) is 0.643. The highest BCUT2D eigenvalue weighted by Gasteiger charge is 2.37. The van der Waals surface area contributed by atoms with Crippen molar-refractivity contribution in [1.29, 1.82) is 0 Å². The molecule has 4 atom stereocenters. The minimum atomic E-state index is -5.15. The highest BCUT2D eigenvalue weighted by atomic mass is 19.4. The van der Waals surface area contributed by atoms with Crippen LogP contribution in [0.3, 0.4) is 0 Å². The summed E-state index contributed by atoms with van der Waals surface area (Å²) in [6.45, 7) is 2.25. The van der Waals surface area contributed by atoms with E-state index < -0.39 is 23.7 Å². The Morgan fingerprint density at radius 1 is 0.882 bits per heavy atom. The zero-order valence-electron chi connectivity index (χ0n) is 19.9. The maximum atomic E-state index is 14.6. The van der Waals surface area contributed by atoms with Gasteiger partial charge in [0, 0.05) is 5.39 Å². The van der Waals surface area contributed by atoms with Crippen LogP contribution in [0.15, 0.2) is 24.3 Å². The van der Waals surface area contributed by atoms with Gasteiger partial charge in [0.1, 0.15) is 0 Å². The minimum absolute atomic E-state index is 0.0578. The molecule has 0 aromatic heterocycles. The molecule has 6 heteroatoms. The minimum Gasteiger partial charge on any atom is -0.399 e. The van der Waals surface area contributed by atoms with Crippen LogP contribution in [-0.4, -0.2) is 6.36 Å². The van der Waals surface area contributed by atoms with E-state index in [0.717, 1.165) is 36.3 Å². The van der Waals surface area contributed by atoms with Crippen LogP contribution in [0, 0.1) is 29.4 Å². The highest BCUT2D eigenvalue weighted by Crippen LogP contribution is 2.49. The fourth-order valence-corrected chi connectivity index (χ4v) is 6.38. The van der Waals surface area contributed by atoms with E-state index in [1.165, 1.54) is 70.3 Å². The van der Waals surface area contributed by atoms with Crippen LogP contribution in [0.4, 0.5) is 22.0 Å². The van der Waals surface area contributed by atoms with Gasteiger partial charge in [-0.2, -0.15) is 0 Å². The number of hydrogen-bond acceptors (Lipinski definition) is 1. The summed E-state index contributed by atoms with van der Waals surface area (Å²) in [5.41, 5.74) is 1.02. The van der Waals surface area contributed by atoms with Gasteiger partial charge >= 0.3 is 6.36 Å². The first kappa shape index (κ1) is 25.2. The summed E-state index contributed by atoms with van der Waals surface area (Å²) < 4.78 is 69.9. The second-order valence-corrected chi connectivity index (χ2v) is 10.4. The van der Waals surface area contributed by atoms with Gasteiger partial charge in [0.2, 0.25) is 5.75 Å². The zero-order chi connectivity index (χ0) is 24.3. The maximum absolute atomic E-state index is 14.6. The Kier molecular flexibility index (Phi) is 8.04. The molecule has 0 bridgehead atoms.